The van der Waals surface area contributed by atoms with Crippen LogP contribution < -0.4 is 0 Å². The van der Waals surface area contributed by atoms with Crippen LogP contribution in [0.15, 0.2) is 6.33 Å². The van der Waals surface area contributed by atoms with Crippen molar-refractivity contribution >= 4 is 11.2 Å². The Balaban J connectivity index is 2.67. The average molecular weight is 147 g/mol. The van der Waals surface area contributed by atoms with Crippen LogP contribution in [0.4, 0.5) is 0 Å². The first-order valence-corrected chi connectivity index (χ1v) is 3.48. The van der Waals surface area contributed by atoms with E-state index in [4.69, 9.17) is 0 Å². The molecule has 0 fully saturated rings. The third-order valence-corrected chi connectivity index (χ3v) is 1.47. The number of imidazole rings is 1. The van der Waals surface area contributed by atoms with E-state index < -0.39 is 0 Å². The van der Waals surface area contributed by atoms with Crippen LogP contribution in [0.3, 0.4) is 0 Å². The summed E-state index contributed by atoms with van der Waals surface area (Å²) < 4.78 is 0. The first-order chi connectivity index (χ1) is 5.40. The molecule has 0 aromatic carbocycles. The summed E-state index contributed by atoms with van der Waals surface area (Å²) in [6.07, 6.45) is 5.21. The first kappa shape index (κ1) is 6.27. The Bertz CT molecular complexity index is 365. The fraction of sp³-hybridized carbons (Fsp3) is 0.286. The maximum Gasteiger partial charge on any atom is 0.161 e. The van der Waals surface area contributed by atoms with Gasteiger partial charge in [-0.15, -0.1) is 0 Å². The summed E-state index contributed by atoms with van der Waals surface area (Å²) in [6, 6.07) is 0. The van der Waals surface area contributed by atoms with Crippen molar-refractivity contribution in [1.82, 2.24) is 19.9 Å². The molecule has 4 nitrogen and oxygen atoms in total. The molecule has 0 saturated heterocycles. The molecule has 0 aliphatic heterocycles. The zero-order valence-electron chi connectivity index (χ0n) is 6.13. The highest BCUT2D eigenvalue weighted by molar-refractivity contribution is 5.67. The lowest BCUT2D eigenvalue weighted by molar-refractivity contribution is 0.952. The van der Waals surface area contributed by atoms with Gasteiger partial charge in [0.05, 0.1) is 6.33 Å². The number of nitrogens with one attached hydrogen (secondary N) is 1. The van der Waals surface area contributed by atoms with Crippen molar-refractivity contribution in [2.75, 3.05) is 0 Å². The van der Waals surface area contributed by atoms with E-state index in [1.165, 1.54) is 0 Å². The van der Waals surface area contributed by atoms with Crippen molar-refractivity contribution in [2.24, 2.45) is 0 Å². The van der Waals surface area contributed by atoms with Crippen LogP contribution in [0, 0.1) is 6.20 Å². The van der Waals surface area contributed by atoms with Gasteiger partial charge in [-0.05, 0) is 0 Å². The molecule has 0 amide bonds. The molecule has 0 aliphatic rings. The lowest BCUT2D eigenvalue weighted by Gasteiger charge is -1.91. The van der Waals surface area contributed by atoms with E-state index in [9.17, 15) is 0 Å². The van der Waals surface area contributed by atoms with Gasteiger partial charge in [-0.3, -0.25) is 0 Å². The maximum atomic E-state index is 4.19. The number of hydrogen-bond acceptors (Lipinski definition) is 3. The molecule has 0 saturated carbocycles. The van der Waals surface area contributed by atoms with Gasteiger partial charge in [-0.25, -0.2) is 15.0 Å². The van der Waals surface area contributed by atoms with Crippen molar-refractivity contribution in [3.8, 4) is 0 Å². The highest BCUT2D eigenvalue weighted by Crippen LogP contribution is 2.02. The molecule has 2 rings (SSSR count). The lowest BCUT2D eigenvalue weighted by atomic mass is 10.4. The number of nitrogens with zero attached hydrogens (tertiary/aromatic N) is 3. The number of fused-ring (bicyclic) bond motifs is 1. The molecule has 2 heterocycles. The molecule has 55 valence electrons. The van der Waals surface area contributed by atoms with Crippen molar-refractivity contribution in [1.29, 1.82) is 0 Å². The SMILES string of the molecule is CCc1n[c]c2nc[nH]c2n1. The van der Waals surface area contributed by atoms with Crippen LogP contribution >= 0.6 is 0 Å². The number of hydrogen-bond donors (Lipinski definition) is 1. The molecule has 2 aromatic heterocycles. The predicted molar refractivity (Wildman–Crippen MR) is 39.9 cm³/mol. The van der Waals surface area contributed by atoms with E-state index in [-0.39, 0.29) is 0 Å². The van der Waals surface area contributed by atoms with Gasteiger partial charge in [-0.2, -0.15) is 0 Å². The Kier molecular flexibility index (Phi) is 1.31. The second-order valence-corrected chi connectivity index (χ2v) is 2.20. The predicted octanol–water partition coefficient (Wildman–Crippen LogP) is 0.715. The quantitative estimate of drug-likeness (QED) is 0.646. The van der Waals surface area contributed by atoms with Gasteiger partial charge in [-0.1, -0.05) is 6.92 Å². The van der Waals surface area contributed by atoms with Crippen LogP contribution in [-0.4, -0.2) is 19.9 Å². The Morgan fingerprint density at radius 1 is 1.64 bits per heavy atom. The summed E-state index contributed by atoms with van der Waals surface area (Å²) in [6.45, 7) is 2.01. The maximum absolute atomic E-state index is 4.19. The molecular formula is C7H7N4. The van der Waals surface area contributed by atoms with E-state index >= 15 is 0 Å². The summed E-state index contributed by atoms with van der Waals surface area (Å²) in [5, 5.41) is 0. The van der Waals surface area contributed by atoms with Gasteiger partial charge >= 0.3 is 0 Å². The van der Waals surface area contributed by atoms with Crippen LogP contribution in [0.5, 0.6) is 0 Å². The largest absolute Gasteiger partial charge is 0.329 e. The number of aromatic nitrogens is 4. The molecule has 0 aliphatic carbocycles. The summed E-state index contributed by atoms with van der Waals surface area (Å²) >= 11 is 0. The zero-order chi connectivity index (χ0) is 7.68. The normalized spacial score (nSPS) is 10.6. The van der Waals surface area contributed by atoms with Crippen LogP contribution in [0.1, 0.15) is 12.7 Å². The molecule has 4 heteroatoms. The minimum absolute atomic E-state index is 0.696. The standard InChI is InChI=1S/C7H7N4/c1-2-6-8-3-5-7(11-6)10-4-9-5/h4H,2H2,1H3,(H,8,9,10,11). The van der Waals surface area contributed by atoms with Crippen molar-refractivity contribution in [3.05, 3.63) is 18.3 Å². The van der Waals surface area contributed by atoms with E-state index in [2.05, 4.69) is 26.1 Å². The smallest absolute Gasteiger partial charge is 0.161 e. The van der Waals surface area contributed by atoms with Gasteiger partial charge in [0.1, 0.15) is 17.5 Å². The third-order valence-electron chi connectivity index (χ3n) is 1.47. The summed E-state index contributed by atoms with van der Waals surface area (Å²) in [7, 11) is 0. The lowest BCUT2D eigenvalue weighted by Crippen LogP contribution is -1.91. The van der Waals surface area contributed by atoms with Gasteiger partial charge in [0.25, 0.3) is 0 Å². The molecule has 0 bridgehead atoms. The fourth-order valence-electron chi connectivity index (χ4n) is 0.884. The Morgan fingerprint density at radius 3 is 3.36 bits per heavy atom. The van der Waals surface area contributed by atoms with E-state index in [0.29, 0.717) is 5.52 Å². The molecule has 11 heavy (non-hydrogen) atoms. The summed E-state index contributed by atoms with van der Waals surface area (Å²) in [4.78, 5) is 15.0. The highest BCUT2D eigenvalue weighted by Gasteiger charge is 1.98. The van der Waals surface area contributed by atoms with E-state index in [1.807, 2.05) is 6.92 Å². The fourth-order valence-corrected chi connectivity index (χ4v) is 0.884. The molecular weight excluding hydrogens is 140 g/mol. The number of H-pyrrole nitrogens is 1. The van der Waals surface area contributed by atoms with Crippen LogP contribution in [-0.2, 0) is 6.42 Å². The Labute approximate surface area is 63.7 Å². The molecule has 0 unspecified atom stereocenters. The average Bonchev–Trinajstić information content (AvgIpc) is 2.50. The minimum Gasteiger partial charge on any atom is -0.329 e. The monoisotopic (exact) mass is 147 g/mol. The van der Waals surface area contributed by atoms with Crippen molar-refractivity contribution in [2.45, 2.75) is 13.3 Å². The Hall–Kier alpha value is -1.45. The van der Waals surface area contributed by atoms with Crippen LogP contribution in [0.2, 0.25) is 0 Å². The van der Waals surface area contributed by atoms with Gasteiger partial charge in [0, 0.05) is 6.42 Å². The Morgan fingerprint density at radius 2 is 2.55 bits per heavy atom. The van der Waals surface area contributed by atoms with Crippen molar-refractivity contribution in [3.63, 3.8) is 0 Å². The third kappa shape index (κ3) is 0.960. The molecule has 1 N–H and O–H groups in total. The molecule has 0 atom stereocenters. The number of aryl methyl sites for hydroxylation is 1. The topological polar surface area (TPSA) is 54.5 Å². The first-order valence-electron chi connectivity index (χ1n) is 3.48. The van der Waals surface area contributed by atoms with E-state index in [1.54, 1.807) is 6.33 Å². The highest BCUT2D eigenvalue weighted by atomic mass is 15.0. The van der Waals surface area contributed by atoms with Crippen molar-refractivity contribution < 1.29 is 0 Å². The summed E-state index contributed by atoms with van der Waals surface area (Å²) in [5.41, 5.74) is 1.46. The molecule has 1 radical (unpaired) electrons. The number of rotatable bonds is 1. The van der Waals surface area contributed by atoms with Crippen LogP contribution in [0.25, 0.3) is 11.2 Å². The van der Waals surface area contributed by atoms with Gasteiger partial charge in [0.15, 0.2) is 5.65 Å². The van der Waals surface area contributed by atoms with Gasteiger partial charge < -0.3 is 4.98 Å². The second-order valence-electron chi connectivity index (χ2n) is 2.20. The minimum atomic E-state index is 0.696. The molecule has 2 aromatic rings. The van der Waals surface area contributed by atoms with Gasteiger partial charge in [0.2, 0.25) is 0 Å². The van der Waals surface area contributed by atoms with E-state index in [0.717, 1.165) is 17.9 Å². The number of aromatic amines is 1. The zero-order valence-corrected chi connectivity index (χ0v) is 6.13. The molecule has 0 spiro atoms. The second kappa shape index (κ2) is 2.30. The summed E-state index contributed by atoms with van der Waals surface area (Å²) in [5.74, 6) is 0.793.